The molecule has 5 heteroatoms. The molecule has 1 atom stereocenters. The van der Waals surface area contributed by atoms with Crippen molar-refractivity contribution in [3.8, 4) is 0 Å². The van der Waals surface area contributed by atoms with E-state index in [0.29, 0.717) is 10.9 Å². The molecule has 0 bridgehead atoms. The Labute approximate surface area is 151 Å². The first-order valence-corrected chi connectivity index (χ1v) is 10.6. The summed E-state index contributed by atoms with van der Waals surface area (Å²) < 4.78 is 23.1. The summed E-state index contributed by atoms with van der Waals surface area (Å²) in [5.41, 5.74) is 3.80. The first kappa shape index (κ1) is 18.0. The molecule has 0 spiro atoms. The van der Waals surface area contributed by atoms with Crippen LogP contribution in [0.25, 0.3) is 0 Å². The molecule has 3 rings (SSSR count). The van der Waals surface area contributed by atoms with Gasteiger partial charge >= 0.3 is 0 Å². The minimum atomic E-state index is -3.13. The van der Waals surface area contributed by atoms with E-state index in [0.717, 1.165) is 31.7 Å². The van der Waals surface area contributed by atoms with Crippen molar-refractivity contribution in [1.29, 1.82) is 0 Å². The van der Waals surface area contributed by atoms with Gasteiger partial charge in [-0.15, -0.1) is 0 Å². The minimum absolute atomic E-state index is 0.383. The summed E-state index contributed by atoms with van der Waals surface area (Å²) in [5.74, 6) is 0. The number of para-hydroxylation sites is 1. The molecule has 1 fully saturated rings. The molecule has 4 nitrogen and oxygen atoms in total. The van der Waals surface area contributed by atoms with Crippen LogP contribution in [0.1, 0.15) is 18.1 Å². The average Bonchev–Trinajstić information content (AvgIpc) is 2.57. The van der Waals surface area contributed by atoms with Crippen molar-refractivity contribution in [3.05, 3.63) is 59.7 Å². The van der Waals surface area contributed by atoms with Gasteiger partial charge in [0.1, 0.15) is 0 Å². The zero-order valence-corrected chi connectivity index (χ0v) is 16.0. The van der Waals surface area contributed by atoms with Crippen molar-refractivity contribution in [1.82, 2.24) is 4.90 Å². The molecule has 0 N–H and O–H groups in total. The van der Waals surface area contributed by atoms with Crippen LogP contribution in [-0.2, 0) is 16.4 Å². The summed E-state index contributed by atoms with van der Waals surface area (Å²) in [7, 11) is -3.13. The van der Waals surface area contributed by atoms with E-state index in [4.69, 9.17) is 0 Å². The summed E-state index contributed by atoms with van der Waals surface area (Å²) in [4.78, 5) is 5.31. The van der Waals surface area contributed by atoms with Crippen LogP contribution in [0.4, 0.5) is 5.69 Å². The molecule has 25 heavy (non-hydrogen) atoms. The number of benzene rings is 2. The Bertz CT molecular complexity index is 831. The number of aryl methyl sites for hydroxylation is 1. The van der Waals surface area contributed by atoms with E-state index >= 15 is 0 Å². The number of anilines is 1. The van der Waals surface area contributed by atoms with E-state index in [1.807, 2.05) is 12.1 Å². The lowest BCUT2D eigenvalue weighted by Crippen LogP contribution is -2.51. The van der Waals surface area contributed by atoms with Crippen LogP contribution in [-0.4, -0.2) is 45.2 Å². The van der Waals surface area contributed by atoms with Crippen molar-refractivity contribution in [3.63, 3.8) is 0 Å². The lowest BCUT2D eigenvalue weighted by atomic mass is 10.1. The van der Waals surface area contributed by atoms with Crippen molar-refractivity contribution < 1.29 is 8.42 Å². The highest BCUT2D eigenvalue weighted by Crippen LogP contribution is 2.24. The molecule has 0 radical (unpaired) electrons. The van der Waals surface area contributed by atoms with Gasteiger partial charge in [-0.25, -0.2) is 8.42 Å². The van der Waals surface area contributed by atoms with E-state index in [9.17, 15) is 8.42 Å². The largest absolute Gasteiger partial charge is 0.368 e. The summed E-state index contributed by atoms with van der Waals surface area (Å²) in [6.45, 7) is 8.30. The molecule has 1 aliphatic rings. The number of hydrogen-bond donors (Lipinski definition) is 0. The van der Waals surface area contributed by atoms with Gasteiger partial charge in [0.05, 0.1) is 4.90 Å². The Hall–Kier alpha value is -1.85. The topological polar surface area (TPSA) is 40.6 Å². The molecule has 0 saturated carbocycles. The van der Waals surface area contributed by atoms with Gasteiger partial charge in [0.15, 0.2) is 9.84 Å². The van der Waals surface area contributed by atoms with E-state index in [2.05, 4.69) is 47.9 Å². The third kappa shape index (κ3) is 4.22. The van der Waals surface area contributed by atoms with Crippen molar-refractivity contribution >= 4 is 15.5 Å². The minimum Gasteiger partial charge on any atom is -0.368 e. The first-order chi connectivity index (χ1) is 11.8. The number of rotatable bonds is 4. The Balaban J connectivity index is 1.65. The highest BCUT2D eigenvalue weighted by Gasteiger charge is 2.24. The second-order valence-corrected chi connectivity index (χ2v) is 8.98. The molecular weight excluding hydrogens is 332 g/mol. The maximum absolute atomic E-state index is 11.6. The third-order valence-corrected chi connectivity index (χ3v) is 6.09. The van der Waals surface area contributed by atoms with Crippen LogP contribution in [0.5, 0.6) is 0 Å². The predicted octanol–water partition coefficient (Wildman–Crippen LogP) is 3.11. The average molecular weight is 359 g/mol. The second kappa shape index (κ2) is 7.18. The van der Waals surface area contributed by atoms with Gasteiger partial charge < -0.3 is 4.90 Å². The molecular formula is C20H26N2O2S. The second-order valence-electron chi connectivity index (χ2n) is 6.97. The lowest BCUT2D eigenvalue weighted by Gasteiger charge is -2.41. The molecule has 1 aliphatic heterocycles. The van der Waals surface area contributed by atoms with Crippen LogP contribution >= 0.6 is 0 Å². The Morgan fingerprint density at radius 3 is 2.32 bits per heavy atom. The highest BCUT2D eigenvalue weighted by molar-refractivity contribution is 7.90. The Morgan fingerprint density at radius 1 is 1.04 bits per heavy atom. The van der Waals surface area contributed by atoms with Crippen LogP contribution < -0.4 is 4.90 Å². The summed E-state index contributed by atoms with van der Waals surface area (Å²) in [6.07, 6.45) is 1.24. The van der Waals surface area contributed by atoms with Gasteiger partial charge in [-0.05, 0) is 43.2 Å². The third-order valence-electron chi connectivity index (χ3n) is 4.96. The van der Waals surface area contributed by atoms with Crippen LogP contribution in [0.2, 0.25) is 0 Å². The van der Waals surface area contributed by atoms with Gasteiger partial charge in [0.25, 0.3) is 0 Å². The molecule has 0 amide bonds. The summed E-state index contributed by atoms with van der Waals surface area (Å²) in [6, 6.07) is 16.3. The molecule has 1 heterocycles. The van der Waals surface area contributed by atoms with Crippen molar-refractivity contribution in [2.24, 2.45) is 0 Å². The van der Waals surface area contributed by atoms with Crippen LogP contribution in [0.3, 0.4) is 0 Å². The molecule has 1 saturated heterocycles. The van der Waals surface area contributed by atoms with E-state index in [-0.39, 0.29) is 0 Å². The molecule has 0 aliphatic carbocycles. The number of nitrogens with zero attached hydrogens (tertiary/aromatic N) is 2. The molecule has 134 valence electrons. The molecule has 0 unspecified atom stereocenters. The monoisotopic (exact) mass is 358 g/mol. The Morgan fingerprint density at radius 2 is 1.72 bits per heavy atom. The number of sulfone groups is 1. The van der Waals surface area contributed by atoms with Crippen molar-refractivity contribution in [2.45, 2.75) is 31.3 Å². The lowest BCUT2D eigenvalue weighted by molar-refractivity contribution is 0.181. The van der Waals surface area contributed by atoms with Crippen molar-refractivity contribution in [2.75, 3.05) is 30.8 Å². The predicted molar refractivity (Wildman–Crippen MR) is 103 cm³/mol. The normalized spacial score (nSPS) is 19.2. The van der Waals surface area contributed by atoms with Gasteiger partial charge in [-0.2, -0.15) is 0 Å². The van der Waals surface area contributed by atoms with E-state index < -0.39 is 9.84 Å². The highest BCUT2D eigenvalue weighted by atomic mass is 32.2. The smallest absolute Gasteiger partial charge is 0.175 e. The summed E-state index contributed by atoms with van der Waals surface area (Å²) >= 11 is 0. The van der Waals surface area contributed by atoms with Crippen LogP contribution in [0, 0.1) is 6.92 Å². The Kier molecular flexibility index (Phi) is 5.16. The van der Waals surface area contributed by atoms with Gasteiger partial charge in [0, 0.05) is 44.2 Å². The summed E-state index contributed by atoms with van der Waals surface area (Å²) in [5, 5.41) is 0. The quantitative estimate of drug-likeness (QED) is 0.842. The van der Waals surface area contributed by atoms with Crippen LogP contribution in [0.15, 0.2) is 53.4 Å². The van der Waals surface area contributed by atoms with E-state index in [1.165, 1.54) is 17.5 Å². The maximum Gasteiger partial charge on any atom is 0.175 e. The zero-order chi connectivity index (χ0) is 18.0. The SMILES string of the molecule is Cc1ccccc1N1CCN(Cc2ccc(S(C)(=O)=O)cc2)[C@H](C)C1. The fraction of sp³-hybridized carbons (Fsp3) is 0.400. The van der Waals surface area contributed by atoms with Gasteiger partial charge in [-0.1, -0.05) is 30.3 Å². The van der Waals surface area contributed by atoms with Gasteiger partial charge in [-0.3, -0.25) is 4.90 Å². The molecule has 2 aromatic carbocycles. The van der Waals surface area contributed by atoms with E-state index in [1.54, 1.807) is 12.1 Å². The fourth-order valence-electron chi connectivity index (χ4n) is 3.44. The molecule has 0 aromatic heterocycles. The fourth-order valence-corrected chi connectivity index (χ4v) is 4.07. The maximum atomic E-state index is 11.6. The standard InChI is InChI=1S/C20H26N2O2S/c1-16-6-4-5-7-20(16)22-13-12-21(17(2)14-22)15-18-8-10-19(11-9-18)25(3,23)24/h4-11,17H,12-15H2,1-3H3/t17-/m1/s1. The molecule has 2 aromatic rings. The first-order valence-electron chi connectivity index (χ1n) is 8.68. The number of hydrogen-bond acceptors (Lipinski definition) is 4. The van der Waals surface area contributed by atoms with Gasteiger partial charge in [0.2, 0.25) is 0 Å². The zero-order valence-electron chi connectivity index (χ0n) is 15.1. The number of piperazine rings is 1.